The lowest BCUT2D eigenvalue weighted by atomic mass is 10.0. The molecule has 4 aromatic rings. The summed E-state index contributed by atoms with van der Waals surface area (Å²) in [7, 11) is 0. The first-order valence-electron chi connectivity index (χ1n) is 11.5. The molecule has 33 heavy (non-hydrogen) atoms. The van der Waals surface area contributed by atoms with Gasteiger partial charge in [-0.1, -0.05) is 54.6 Å². The van der Waals surface area contributed by atoms with E-state index < -0.39 is 0 Å². The predicted octanol–water partition coefficient (Wildman–Crippen LogP) is 5.15. The number of carbonyl (C=O) groups excluding carboxylic acids is 1. The molecule has 168 valence electrons. The van der Waals surface area contributed by atoms with Crippen molar-refractivity contribution >= 4 is 17.2 Å². The molecule has 0 atom stereocenters. The molecule has 2 aromatic carbocycles. The number of hydrogen-bond donors (Lipinski definition) is 0. The van der Waals surface area contributed by atoms with Gasteiger partial charge < -0.3 is 4.90 Å². The number of benzene rings is 2. The molecule has 0 unspecified atom stereocenters. The van der Waals surface area contributed by atoms with Crippen molar-refractivity contribution in [1.29, 1.82) is 0 Å². The molecule has 1 amide bonds. The van der Waals surface area contributed by atoms with E-state index >= 15 is 0 Å². The minimum atomic E-state index is 0.0764. The molecule has 0 fully saturated rings. The highest BCUT2D eigenvalue weighted by Gasteiger charge is 2.27. The second kappa shape index (κ2) is 9.73. The van der Waals surface area contributed by atoms with Gasteiger partial charge in [0.25, 0.3) is 5.91 Å². The Hall–Kier alpha value is -3.22. The Kier molecular flexibility index (Phi) is 6.37. The van der Waals surface area contributed by atoms with Gasteiger partial charge in [0.05, 0.1) is 28.5 Å². The van der Waals surface area contributed by atoms with Crippen LogP contribution in [0, 0.1) is 0 Å². The minimum Gasteiger partial charge on any atom is -0.332 e. The van der Waals surface area contributed by atoms with Crippen molar-refractivity contribution in [2.75, 3.05) is 13.1 Å². The second-order valence-electron chi connectivity index (χ2n) is 8.36. The fourth-order valence-corrected chi connectivity index (χ4v) is 5.18. The number of para-hydroxylation sites is 1. The molecule has 0 N–H and O–H groups in total. The van der Waals surface area contributed by atoms with Gasteiger partial charge in [0.15, 0.2) is 0 Å². The summed E-state index contributed by atoms with van der Waals surface area (Å²) in [6.45, 7) is 5.96. The van der Waals surface area contributed by atoms with Crippen LogP contribution in [0.5, 0.6) is 0 Å². The first-order valence-corrected chi connectivity index (χ1v) is 12.3. The molecular weight excluding hydrogens is 428 g/mol. The maximum Gasteiger partial charge on any atom is 0.264 e. The van der Waals surface area contributed by atoms with Gasteiger partial charge in [-0.2, -0.15) is 5.10 Å². The molecule has 1 aliphatic rings. The van der Waals surface area contributed by atoms with E-state index in [0.29, 0.717) is 13.1 Å². The number of nitrogens with zero attached hydrogens (tertiary/aromatic N) is 4. The fraction of sp³-hybridized carbons (Fsp3) is 0.259. The van der Waals surface area contributed by atoms with Crippen LogP contribution in [0.3, 0.4) is 0 Å². The summed E-state index contributed by atoms with van der Waals surface area (Å²) in [6, 6.07) is 24.8. The van der Waals surface area contributed by atoms with Gasteiger partial charge in [-0.3, -0.25) is 9.69 Å². The maximum atomic E-state index is 13.1. The third-order valence-electron chi connectivity index (χ3n) is 6.21. The van der Waals surface area contributed by atoms with Crippen molar-refractivity contribution in [3.05, 3.63) is 106 Å². The number of hydrogen-bond acceptors (Lipinski definition) is 4. The van der Waals surface area contributed by atoms with Crippen LogP contribution in [0.1, 0.15) is 39.1 Å². The molecule has 0 saturated heterocycles. The Morgan fingerprint density at radius 1 is 1.03 bits per heavy atom. The predicted molar refractivity (Wildman–Crippen MR) is 133 cm³/mol. The van der Waals surface area contributed by atoms with Crippen molar-refractivity contribution in [1.82, 2.24) is 19.6 Å². The molecule has 0 radical (unpaired) electrons. The summed E-state index contributed by atoms with van der Waals surface area (Å²) < 4.78 is 2.09. The number of carbonyl (C=O) groups is 1. The number of aromatic nitrogens is 2. The molecule has 6 heteroatoms. The molecule has 0 saturated carbocycles. The van der Waals surface area contributed by atoms with E-state index in [9.17, 15) is 4.79 Å². The normalized spacial score (nSPS) is 13.6. The summed E-state index contributed by atoms with van der Waals surface area (Å²) >= 11 is 1.49. The zero-order valence-electron chi connectivity index (χ0n) is 18.9. The fourth-order valence-electron chi connectivity index (χ4n) is 4.49. The molecule has 0 aliphatic carbocycles. The molecule has 2 aromatic heterocycles. The monoisotopic (exact) mass is 456 g/mol. The Bertz CT molecular complexity index is 1200. The van der Waals surface area contributed by atoms with Gasteiger partial charge >= 0.3 is 0 Å². The highest BCUT2D eigenvalue weighted by atomic mass is 32.1. The van der Waals surface area contributed by atoms with Gasteiger partial charge in [0, 0.05) is 38.2 Å². The zero-order valence-corrected chi connectivity index (χ0v) is 19.7. The molecule has 5 nitrogen and oxygen atoms in total. The summed E-state index contributed by atoms with van der Waals surface area (Å²) in [5.74, 6) is 0.0764. The van der Waals surface area contributed by atoms with Crippen molar-refractivity contribution < 1.29 is 4.79 Å². The van der Waals surface area contributed by atoms with E-state index in [4.69, 9.17) is 5.10 Å². The third-order valence-corrected chi connectivity index (χ3v) is 7.07. The van der Waals surface area contributed by atoms with Crippen molar-refractivity contribution in [2.24, 2.45) is 0 Å². The van der Waals surface area contributed by atoms with Crippen LogP contribution in [0.4, 0.5) is 0 Å². The minimum absolute atomic E-state index is 0.0764. The van der Waals surface area contributed by atoms with Gasteiger partial charge in [0.2, 0.25) is 0 Å². The zero-order chi connectivity index (χ0) is 22.6. The molecule has 5 rings (SSSR count). The topological polar surface area (TPSA) is 41.4 Å². The SMILES string of the molecule is CCN(Cc1nn(-c2ccccc2)c2c1CN(Cc1ccccc1)CC2)C(=O)c1cccs1. The number of amides is 1. The maximum absolute atomic E-state index is 13.1. The van der Waals surface area contributed by atoms with Crippen LogP contribution in [0.25, 0.3) is 5.69 Å². The van der Waals surface area contributed by atoms with E-state index in [1.54, 1.807) is 0 Å². The summed E-state index contributed by atoms with van der Waals surface area (Å²) in [4.78, 5) is 18.2. The average molecular weight is 457 g/mol. The Labute approximate surface area is 198 Å². The van der Waals surface area contributed by atoms with Gasteiger partial charge in [-0.15, -0.1) is 11.3 Å². The van der Waals surface area contributed by atoms with Crippen LogP contribution >= 0.6 is 11.3 Å². The largest absolute Gasteiger partial charge is 0.332 e. The highest BCUT2D eigenvalue weighted by molar-refractivity contribution is 7.12. The van der Waals surface area contributed by atoms with Gasteiger partial charge in [0.1, 0.15) is 0 Å². The standard InChI is InChI=1S/C27H28N4OS/c1-2-30(27(32)26-14-9-17-33-26)20-24-23-19-29(18-21-10-5-3-6-11-21)16-15-25(23)31(28-24)22-12-7-4-8-13-22/h3-14,17H,2,15-16,18-20H2,1H3. The van der Waals surface area contributed by atoms with E-state index in [1.807, 2.05) is 47.5 Å². The van der Waals surface area contributed by atoms with Gasteiger partial charge in [-0.05, 0) is 36.1 Å². The van der Waals surface area contributed by atoms with Crippen LogP contribution in [-0.2, 0) is 26.1 Å². The molecule has 3 heterocycles. The van der Waals surface area contributed by atoms with Crippen molar-refractivity contribution in [2.45, 2.75) is 33.0 Å². The van der Waals surface area contributed by atoms with E-state index in [-0.39, 0.29) is 5.91 Å². The summed E-state index contributed by atoms with van der Waals surface area (Å²) in [5.41, 5.74) is 5.92. The number of thiophene rings is 1. The van der Waals surface area contributed by atoms with Crippen LogP contribution in [0.15, 0.2) is 78.2 Å². The lowest BCUT2D eigenvalue weighted by Crippen LogP contribution is -2.33. The quantitative estimate of drug-likeness (QED) is 0.386. The van der Waals surface area contributed by atoms with Crippen LogP contribution in [0.2, 0.25) is 0 Å². The van der Waals surface area contributed by atoms with Gasteiger partial charge in [-0.25, -0.2) is 4.68 Å². The average Bonchev–Trinajstić information content (AvgIpc) is 3.52. The van der Waals surface area contributed by atoms with Crippen molar-refractivity contribution in [3.63, 3.8) is 0 Å². The third kappa shape index (κ3) is 4.63. The lowest BCUT2D eigenvalue weighted by molar-refractivity contribution is 0.0754. The van der Waals surface area contributed by atoms with Crippen LogP contribution in [-0.4, -0.2) is 38.6 Å². The highest BCUT2D eigenvalue weighted by Crippen LogP contribution is 2.28. The van der Waals surface area contributed by atoms with Crippen LogP contribution < -0.4 is 0 Å². The second-order valence-corrected chi connectivity index (χ2v) is 9.31. The smallest absolute Gasteiger partial charge is 0.264 e. The first kappa shape index (κ1) is 21.6. The number of rotatable bonds is 7. The summed E-state index contributed by atoms with van der Waals surface area (Å²) in [5, 5.41) is 7.01. The lowest BCUT2D eigenvalue weighted by Gasteiger charge is -2.28. The molecular formula is C27H28N4OS. The Balaban J connectivity index is 1.47. The Morgan fingerprint density at radius 2 is 1.79 bits per heavy atom. The Morgan fingerprint density at radius 3 is 2.48 bits per heavy atom. The number of fused-ring (bicyclic) bond motifs is 1. The first-order chi connectivity index (χ1) is 16.2. The van der Waals surface area contributed by atoms with E-state index in [1.165, 1.54) is 28.2 Å². The van der Waals surface area contributed by atoms with Crippen molar-refractivity contribution in [3.8, 4) is 5.69 Å². The van der Waals surface area contributed by atoms with E-state index in [2.05, 4.69) is 52.0 Å². The molecule has 0 spiro atoms. The summed E-state index contributed by atoms with van der Waals surface area (Å²) in [6.07, 6.45) is 0.940. The molecule has 0 bridgehead atoms. The molecule has 1 aliphatic heterocycles. The van der Waals surface area contributed by atoms with E-state index in [0.717, 1.165) is 42.3 Å².